The fourth-order valence-electron chi connectivity index (χ4n) is 0.880. The third kappa shape index (κ3) is 1.39. The second kappa shape index (κ2) is 2.74. The zero-order chi connectivity index (χ0) is 8.43. The minimum Gasteiger partial charge on any atom is -0.372 e. The molecule has 0 saturated heterocycles. The molecule has 0 radical (unpaired) electrons. The Labute approximate surface area is 62.9 Å². The van der Waals surface area contributed by atoms with Crippen molar-refractivity contribution in [3.8, 4) is 0 Å². The van der Waals surface area contributed by atoms with Crippen molar-refractivity contribution >= 4 is 0 Å². The second-order valence-electron chi connectivity index (χ2n) is 2.26. The van der Waals surface area contributed by atoms with Crippen LogP contribution in [-0.4, -0.2) is 4.98 Å². The van der Waals surface area contributed by atoms with Gasteiger partial charge in [0.15, 0.2) is 0 Å². The van der Waals surface area contributed by atoms with Gasteiger partial charge in [0.1, 0.15) is 0 Å². The Bertz CT molecular complexity index is 361. The van der Waals surface area contributed by atoms with Crippen molar-refractivity contribution in [3.05, 3.63) is 32.2 Å². The first kappa shape index (κ1) is 7.78. The van der Waals surface area contributed by atoms with Gasteiger partial charge >= 0.3 is 11.4 Å². The molecule has 1 N–H and O–H groups in total. The van der Waals surface area contributed by atoms with E-state index < -0.39 is 11.4 Å². The van der Waals surface area contributed by atoms with Gasteiger partial charge in [0.2, 0.25) is 0 Å². The van der Waals surface area contributed by atoms with Crippen molar-refractivity contribution in [3.63, 3.8) is 0 Å². The average Bonchev–Trinajstić information content (AvgIpc) is 1.96. The lowest BCUT2D eigenvalue weighted by molar-refractivity contribution is 0.439. The fourth-order valence-corrected chi connectivity index (χ4v) is 0.880. The number of aromatic amines is 1. The van der Waals surface area contributed by atoms with E-state index in [2.05, 4.69) is 9.40 Å². The molecule has 0 aliphatic rings. The summed E-state index contributed by atoms with van der Waals surface area (Å²) in [5, 5.41) is 0. The summed E-state index contributed by atoms with van der Waals surface area (Å²) in [4.78, 5) is 23.9. The summed E-state index contributed by atoms with van der Waals surface area (Å²) < 4.78 is 4.28. The summed E-state index contributed by atoms with van der Waals surface area (Å²) >= 11 is 0. The van der Waals surface area contributed by atoms with Crippen LogP contribution < -0.4 is 11.4 Å². The summed E-state index contributed by atoms with van der Waals surface area (Å²) in [7, 11) is 0. The van der Waals surface area contributed by atoms with E-state index in [0.29, 0.717) is 17.7 Å². The van der Waals surface area contributed by atoms with Gasteiger partial charge < -0.3 is 4.42 Å². The number of aromatic nitrogens is 1. The maximum Gasteiger partial charge on any atom is 0.419 e. The predicted molar refractivity (Wildman–Crippen MR) is 39.7 cm³/mol. The van der Waals surface area contributed by atoms with Gasteiger partial charge in [-0.1, -0.05) is 6.92 Å². The Balaban J connectivity index is 3.49. The van der Waals surface area contributed by atoms with Gasteiger partial charge in [0, 0.05) is 5.69 Å². The highest BCUT2D eigenvalue weighted by Gasteiger charge is 2.02. The number of rotatable bonds is 1. The standard InChI is InChI=1S/C7H9NO3/c1-3-5-4(2)6(9)11-7(10)8-5/h3H2,1-2H3,(H,8,10). The molecule has 1 heterocycles. The lowest BCUT2D eigenvalue weighted by Crippen LogP contribution is -2.19. The molecule has 0 spiro atoms. The van der Waals surface area contributed by atoms with E-state index in [9.17, 15) is 9.59 Å². The minimum atomic E-state index is -0.683. The van der Waals surface area contributed by atoms with Gasteiger partial charge in [0.05, 0.1) is 5.56 Å². The molecule has 0 unspecified atom stereocenters. The molecular weight excluding hydrogens is 146 g/mol. The predicted octanol–water partition coefficient (Wildman–Crippen LogP) is 0.199. The van der Waals surface area contributed by atoms with Gasteiger partial charge in [-0.15, -0.1) is 0 Å². The molecule has 60 valence electrons. The van der Waals surface area contributed by atoms with Crippen LogP contribution in [0.25, 0.3) is 0 Å². The maximum absolute atomic E-state index is 10.8. The molecule has 0 saturated carbocycles. The Morgan fingerprint density at radius 1 is 1.45 bits per heavy atom. The molecular formula is C7H9NO3. The SMILES string of the molecule is CCc1[nH]c(=O)oc(=O)c1C. The molecule has 0 aliphatic carbocycles. The van der Waals surface area contributed by atoms with Crippen molar-refractivity contribution in [1.82, 2.24) is 4.98 Å². The first-order valence-corrected chi connectivity index (χ1v) is 3.38. The monoisotopic (exact) mass is 155 g/mol. The fraction of sp³-hybridized carbons (Fsp3) is 0.429. The van der Waals surface area contributed by atoms with Crippen LogP contribution in [0, 0.1) is 6.92 Å². The summed E-state index contributed by atoms with van der Waals surface area (Å²) in [6, 6.07) is 0. The quantitative estimate of drug-likeness (QED) is 0.630. The zero-order valence-electron chi connectivity index (χ0n) is 6.43. The Morgan fingerprint density at radius 2 is 2.09 bits per heavy atom. The van der Waals surface area contributed by atoms with Gasteiger partial charge in [-0.05, 0) is 13.3 Å². The van der Waals surface area contributed by atoms with Gasteiger partial charge in [-0.2, -0.15) is 0 Å². The van der Waals surface area contributed by atoms with E-state index >= 15 is 0 Å². The van der Waals surface area contributed by atoms with E-state index in [1.807, 2.05) is 6.92 Å². The molecule has 1 aromatic heterocycles. The highest BCUT2D eigenvalue weighted by molar-refractivity contribution is 5.11. The number of hydrogen-bond donors (Lipinski definition) is 1. The molecule has 0 aliphatic heterocycles. The van der Waals surface area contributed by atoms with Crippen LogP contribution in [0.5, 0.6) is 0 Å². The minimum absolute atomic E-state index is 0.479. The third-order valence-corrected chi connectivity index (χ3v) is 1.55. The molecule has 0 atom stereocenters. The molecule has 0 fully saturated rings. The lowest BCUT2D eigenvalue weighted by atomic mass is 10.2. The van der Waals surface area contributed by atoms with E-state index in [1.54, 1.807) is 6.92 Å². The van der Waals surface area contributed by atoms with Crippen molar-refractivity contribution in [2.45, 2.75) is 20.3 Å². The van der Waals surface area contributed by atoms with Crippen LogP contribution in [0.2, 0.25) is 0 Å². The lowest BCUT2D eigenvalue weighted by Gasteiger charge is -1.96. The highest BCUT2D eigenvalue weighted by atomic mass is 16.4. The number of hydrogen-bond acceptors (Lipinski definition) is 3. The number of nitrogens with one attached hydrogen (secondary N) is 1. The van der Waals surface area contributed by atoms with Crippen LogP contribution in [-0.2, 0) is 6.42 Å². The molecule has 0 amide bonds. The first-order chi connectivity index (χ1) is 5.15. The van der Waals surface area contributed by atoms with Gasteiger partial charge in [0.25, 0.3) is 0 Å². The number of H-pyrrole nitrogens is 1. The largest absolute Gasteiger partial charge is 0.419 e. The second-order valence-corrected chi connectivity index (χ2v) is 2.26. The summed E-state index contributed by atoms with van der Waals surface area (Å²) in [5.74, 6) is -0.683. The van der Waals surface area contributed by atoms with Gasteiger partial charge in [-0.25, -0.2) is 9.59 Å². The maximum atomic E-state index is 10.8. The molecule has 4 nitrogen and oxygen atoms in total. The Kier molecular flexibility index (Phi) is 1.94. The normalized spacial score (nSPS) is 10.0. The van der Waals surface area contributed by atoms with Crippen molar-refractivity contribution < 1.29 is 4.42 Å². The summed E-state index contributed by atoms with van der Waals surface area (Å²) in [5.41, 5.74) is 0.573. The smallest absolute Gasteiger partial charge is 0.372 e. The molecule has 11 heavy (non-hydrogen) atoms. The zero-order valence-corrected chi connectivity index (χ0v) is 6.43. The van der Waals surface area contributed by atoms with Crippen LogP contribution in [0.15, 0.2) is 14.0 Å². The van der Waals surface area contributed by atoms with Crippen molar-refractivity contribution in [1.29, 1.82) is 0 Å². The van der Waals surface area contributed by atoms with Crippen LogP contribution in [0.3, 0.4) is 0 Å². The van der Waals surface area contributed by atoms with Gasteiger partial charge in [-0.3, -0.25) is 4.98 Å². The van der Waals surface area contributed by atoms with E-state index in [-0.39, 0.29) is 0 Å². The van der Waals surface area contributed by atoms with Crippen molar-refractivity contribution in [2.75, 3.05) is 0 Å². The third-order valence-electron chi connectivity index (χ3n) is 1.55. The Morgan fingerprint density at radius 3 is 2.64 bits per heavy atom. The molecule has 0 aromatic carbocycles. The van der Waals surface area contributed by atoms with E-state index in [1.165, 1.54) is 0 Å². The van der Waals surface area contributed by atoms with E-state index in [0.717, 1.165) is 0 Å². The van der Waals surface area contributed by atoms with E-state index in [4.69, 9.17) is 0 Å². The highest BCUT2D eigenvalue weighted by Crippen LogP contribution is 1.94. The summed E-state index contributed by atoms with van der Waals surface area (Å²) in [6.45, 7) is 3.48. The Hall–Kier alpha value is -1.32. The molecule has 1 rings (SSSR count). The van der Waals surface area contributed by atoms with Crippen LogP contribution in [0.4, 0.5) is 0 Å². The van der Waals surface area contributed by atoms with Crippen molar-refractivity contribution in [2.24, 2.45) is 0 Å². The topological polar surface area (TPSA) is 63.1 Å². The van der Waals surface area contributed by atoms with Crippen LogP contribution in [0.1, 0.15) is 18.2 Å². The number of aryl methyl sites for hydroxylation is 1. The molecule has 4 heteroatoms. The molecule has 1 aromatic rings. The average molecular weight is 155 g/mol. The summed E-state index contributed by atoms with van der Waals surface area (Å²) in [6.07, 6.45) is 0.632. The van der Waals surface area contributed by atoms with Crippen LogP contribution >= 0.6 is 0 Å². The first-order valence-electron chi connectivity index (χ1n) is 3.38. The molecule has 0 bridgehead atoms.